The standard InChI is InChI=1S/C19H20N2O2/c1-2-11-9-21-7-6-19-14-4-3-5-15(23)17(14)20-18(19)13(10-22)12(11)8-16(19)21/h2-5,10,12,16,20,23H,6-9H2,1H3/b11-2+/t12-,16-,19-/m0/s1. The quantitative estimate of drug-likeness (QED) is 0.476. The zero-order chi connectivity index (χ0) is 15.8. The average Bonchev–Trinajstić information content (AvgIpc) is 3.12. The molecule has 2 bridgehead atoms. The summed E-state index contributed by atoms with van der Waals surface area (Å²) in [5.41, 5.74) is 5.13. The SMILES string of the molecule is C/C=C1\CN2CC[C@@]34C(=C(C=O)[C@H]1C[C@H]23)Nc1c(O)cccc14. The van der Waals surface area contributed by atoms with Crippen LogP contribution in [0.25, 0.3) is 0 Å². The van der Waals surface area contributed by atoms with Crippen molar-refractivity contribution in [2.45, 2.75) is 31.2 Å². The summed E-state index contributed by atoms with van der Waals surface area (Å²) in [5.74, 6) is 0.507. The molecule has 4 heteroatoms. The number of rotatable bonds is 1. The first kappa shape index (κ1) is 13.4. The third-order valence-electron chi connectivity index (χ3n) is 6.48. The van der Waals surface area contributed by atoms with E-state index >= 15 is 0 Å². The van der Waals surface area contributed by atoms with Crippen molar-refractivity contribution >= 4 is 12.0 Å². The Morgan fingerprint density at radius 3 is 3.09 bits per heavy atom. The fourth-order valence-corrected chi connectivity index (χ4v) is 5.50. The number of aldehydes is 1. The van der Waals surface area contributed by atoms with E-state index in [0.29, 0.717) is 6.04 Å². The molecule has 2 fully saturated rings. The minimum atomic E-state index is -0.139. The van der Waals surface area contributed by atoms with E-state index < -0.39 is 0 Å². The van der Waals surface area contributed by atoms with E-state index in [4.69, 9.17) is 0 Å². The van der Waals surface area contributed by atoms with Crippen molar-refractivity contribution in [1.29, 1.82) is 0 Å². The van der Waals surface area contributed by atoms with E-state index in [-0.39, 0.29) is 17.1 Å². The van der Waals surface area contributed by atoms with Crippen molar-refractivity contribution < 1.29 is 9.90 Å². The zero-order valence-corrected chi connectivity index (χ0v) is 13.2. The molecule has 1 spiro atoms. The first-order valence-corrected chi connectivity index (χ1v) is 8.39. The van der Waals surface area contributed by atoms with Crippen molar-refractivity contribution in [3.8, 4) is 5.75 Å². The van der Waals surface area contributed by atoms with Crippen LogP contribution in [0.15, 0.2) is 41.1 Å². The number of nitrogens with zero attached hydrogens (tertiary/aromatic N) is 1. The van der Waals surface area contributed by atoms with Crippen molar-refractivity contribution in [2.75, 3.05) is 18.4 Å². The van der Waals surface area contributed by atoms with Gasteiger partial charge in [-0.25, -0.2) is 0 Å². The molecule has 2 saturated heterocycles. The normalized spacial score (nSPS) is 36.0. The summed E-state index contributed by atoms with van der Waals surface area (Å²) in [6.45, 7) is 4.08. The Kier molecular flexibility index (Phi) is 2.48. The third-order valence-corrected chi connectivity index (χ3v) is 6.48. The number of phenols is 1. The molecule has 118 valence electrons. The first-order valence-electron chi connectivity index (χ1n) is 8.39. The molecule has 0 radical (unpaired) electrons. The summed E-state index contributed by atoms with van der Waals surface area (Å²) in [4.78, 5) is 14.5. The lowest BCUT2D eigenvalue weighted by atomic mass is 9.62. The maximum absolute atomic E-state index is 12.0. The molecule has 0 saturated carbocycles. The van der Waals surface area contributed by atoms with E-state index in [0.717, 1.165) is 49.2 Å². The molecular weight excluding hydrogens is 288 g/mol. The molecule has 5 rings (SSSR count). The number of para-hydroxylation sites is 1. The number of nitrogens with one attached hydrogen (secondary N) is 1. The Morgan fingerprint density at radius 2 is 2.30 bits per heavy atom. The summed E-state index contributed by atoms with van der Waals surface area (Å²) in [6, 6.07) is 6.18. The largest absolute Gasteiger partial charge is 0.506 e. The number of anilines is 1. The molecule has 4 nitrogen and oxygen atoms in total. The van der Waals surface area contributed by atoms with Crippen LogP contribution in [0.2, 0.25) is 0 Å². The van der Waals surface area contributed by atoms with Crippen LogP contribution in [0.5, 0.6) is 5.75 Å². The zero-order valence-electron chi connectivity index (χ0n) is 13.2. The summed E-state index contributed by atoms with van der Waals surface area (Å²) in [5, 5.41) is 13.7. The van der Waals surface area contributed by atoms with Crippen molar-refractivity contribution in [1.82, 2.24) is 4.90 Å². The minimum Gasteiger partial charge on any atom is -0.506 e. The minimum absolute atomic E-state index is 0.139. The predicted molar refractivity (Wildman–Crippen MR) is 88.3 cm³/mol. The molecule has 4 aliphatic rings. The first-order chi connectivity index (χ1) is 11.2. The lowest BCUT2D eigenvalue weighted by Gasteiger charge is -2.48. The number of fused-ring (bicyclic) bond motifs is 2. The van der Waals surface area contributed by atoms with Gasteiger partial charge in [0.1, 0.15) is 12.0 Å². The van der Waals surface area contributed by atoms with Crippen LogP contribution < -0.4 is 5.32 Å². The van der Waals surface area contributed by atoms with Gasteiger partial charge in [0.15, 0.2) is 0 Å². The van der Waals surface area contributed by atoms with E-state index in [1.54, 1.807) is 6.07 Å². The van der Waals surface area contributed by atoms with Crippen molar-refractivity contribution in [2.24, 2.45) is 5.92 Å². The maximum atomic E-state index is 12.0. The number of hydrogen-bond donors (Lipinski definition) is 2. The van der Waals surface area contributed by atoms with Gasteiger partial charge in [-0.1, -0.05) is 23.8 Å². The fourth-order valence-electron chi connectivity index (χ4n) is 5.50. The summed E-state index contributed by atoms with van der Waals surface area (Å²) in [7, 11) is 0. The molecule has 0 amide bonds. The Balaban J connectivity index is 1.84. The lowest BCUT2D eigenvalue weighted by molar-refractivity contribution is -0.105. The van der Waals surface area contributed by atoms with Gasteiger partial charge in [-0.2, -0.15) is 0 Å². The highest BCUT2D eigenvalue weighted by molar-refractivity contribution is 5.86. The summed E-state index contributed by atoms with van der Waals surface area (Å²) >= 11 is 0. The number of benzene rings is 1. The van der Waals surface area contributed by atoms with Crippen LogP contribution in [0.4, 0.5) is 5.69 Å². The highest BCUT2D eigenvalue weighted by Gasteiger charge is 2.61. The second-order valence-electron chi connectivity index (χ2n) is 7.13. The number of carbonyl (C=O) groups excluding carboxylic acids is 1. The maximum Gasteiger partial charge on any atom is 0.148 e. The molecule has 1 aliphatic carbocycles. The molecular formula is C19H20N2O2. The van der Waals surface area contributed by atoms with E-state index in [2.05, 4.69) is 29.3 Å². The van der Waals surface area contributed by atoms with Gasteiger partial charge in [0.2, 0.25) is 0 Å². The fraction of sp³-hybridized carbons (Fsp3) is 0.421. The van der Waals surface area contributed by atoms with E-state index in [1.807, 2.05) is 6.07 Å². The molecule has 2 N–H and O–H groups in total. The molecule has 0 aromatic heterocycles. The third kappa shape index (κ3) is 1.39. The van der Waals surface area contributed by atoms with Gasteiger partial charge in [0.25, 0.3) is 0 Å². The van der Waals surface area contributed by atoms with Gasteiger partial charge in [0, 0.05) is 36.3 Å². The van der Waals surface area contributed by atoms with Crippen LogP contribution in [0.3, 0.4) is 0 Å². The van der Waals surface area contributed by atoms with Gasteiger partial charge in [-0.05, 0) is 31.4 Å². The lowest BCUT2D eigenvalue weighted by Crippen LogP contribution is -2.52. The Hall–Kier alpha value is -2.07. The smallest absolute Gasteiger partial charge is 0.148 e. The Morgan fingerprint density at radius 1 is 1.43 bits per heavy atom. The average molecular weight is 308 g/mol. The number of aromatic hydroxyl groups is 1. The topological polar surface area (TPSA) is 52.6 Å². The summed E-state index contributed by atoms with van der Waals surface area (Å²) in [6.07, 6.45) is 5.24. The van der Waals surface area contributed by atoms with Crippen LogP contribution in [-0.4, -0.2) is 35.4 Å². The van der Waals surface area contributed by atoms with Crippen LogP contribution in [-0.2, 0) is 10.2 Å². The molecule has 3 aliphatic heterocycles. The van der Waals surface area contributed by atoms with Gasteiger partial charge in [-0.3, -0.25) is 9.69 Å². The number of piperidine rings is 1. The highest BCUT2D eigenvalue weighted by atomic mass is 16.3. The summed E-state index contributed by atoms with van der Waals surface area (Å²) < 4.78 is 0. The Bertz CT molecular complexity index is 795. The van der Waals surface area contributed by atoms with Gasteiger partial charge in [0.05, 0.1) is 11.1 Å². The molecule has 3 heterocycles. The van der Waals surface area contributed by atoms with Crippen molar-refractivity contribution in [3.05, 3.63) is 46.7 Å². The number of carbonyl (C=O) groups is 1. The Labute approximate surface area is 135 Å². The van der Waals surface area contributed by atoms with Crippen LogP contribution in [0, 0.1) is 5.92 Å². The molecule has 23 heavy (non-hydrogen) atoms. The van der Waals surface area contributed by atoms with Gasteiger partial charge >= 0.3 is 0 Å². The molecule has 1 aromatic carbocycles. The predicted octanol–water partition coefficient (Wildman–Crippen LogP) is 2.56. The van der Waals surface area contributed by atoms with Crippen molar-refractivity contribution in [3.63, 3.8) is 0 Å². The van der Waals surface area contributed by atoms with Crippen LogP contribution in [0.1, 0.15) is 25.3 Å². The molecule has 1 aromatic rings. The van der Waals surface area contributed by atoms with Gasteiger partial charge in [-0.15, -0.1) is 0 Å². The number of hydrogen-bond acceptors (Lipinski definition) is 4. The second kappa shape index (κ2) is 4.26. The van der Waals surface area contributed by atoms with E-state index in [9.17, 15) is 9.90 Å². The number of allylic oxidation sites excluding steroid dienone is 2. The second-order valence-corrected chi connectivity index (χ2v) is 7.13. The van der Waals surface area contributed by atoms with Gasteiger partial charge < -0.3 is 10.4 Å². The van der Waals surface area contributed by atoms with E-state index in [1.165, 1.54) is 11.1 Å². The molecule has 3 atom stereocenters. The number of phenolic OH excluding ortho intramolecular Hbond substituents is 1. The molecule has 0 unspecified atom stereocenters. The highest BCUT2D eigenvalue weighted by Crippen LogP contribution is 2.61. The van der Waals surface area contributed by atoms with Crippen LogP contribution >= 0.6 is 0 Å². The monoisotopic (exact) mass is 308 g/mol.